The average molecular weight is 415 g/mol. The van der Waals surface area contributed by atoms with Crippen molar-refractivity contribution in [1.82, 2.24) is 10.3 Å². The van der Waals surface area contributed by atoms with E-state index >= 15 is 0 Å². The topological polar surface area (TPSA) is 43.4 Å². The molecule has 0 radical (unpaired) electrons. The van der Waals surface area contributed by atoms with Crippen LogP contribution in [0, 0.1) is 0 Å². The highest BCUT2D eigenvalue weighted by molar-refractivity contribution is 6.42. The van der Waals surface area contributed by atoms with E-state index in [2.05, 4.69) is 10.3 Å². The zero-order valence-corrected chi connectivity index (χ0v) is 17.1. The molecule has 2 atom stereocenters. The fourth-order valence-corrected chi connectivity index (χ4v) is 4.14. The summed E-state index contributed by atoms with van der Waals surface area (Å²) in [4.78, 5) is 4.54. The van der Waals surface area contributed by atoms with E-state index in [4.69, 9.17) is 32.7 Å². The minimum atomic E-state index is -0.151. The number of methoxy groups -OCH3 is 2. The Morgan fingerprint density at radius 2 is 1.75 bits per heavy atom. The Labute approximate surface area is 174 Å². The molecule has 2 heterocycles. The number of aromatic nitrogens is 1. The summed E-state index contributed by atoms with van der Waals surface area (Å²) in [7, 11) is 3.28. The van der Waals surface area contributed by atoms with Gasteiger partial charge in [0, 0.05) is 6.20 Å². The molecular formula is C22H20Cl2N2O2. The third-order valence-corrected chi connectivity index (χ3v) is 5.92. The van der Waals surface area contributed by atoms with Gasteiger partial charge in [0.15, 0.2) is 11.5 Å². The highest BCUT2D eigenvalue weighted by Gasteiger charge is 2.31. The third-order valence-electron chi connectivity index (χ3n) is 5.09. The molecule has 2 aromatic carbocycles. The molecule has 0 aliphatic carbocycles. The Morgan fingerprint density at radius 1 is 0.964 bits per heavy atom. The largest absolute Gasteiger partial charge is 0.493 e. The van der Waals surface area contributed by atoms with Crippen LogP contribution >= 0.6 is 23.2 Å². The van der Waals surface area contributed by atoms with Crippen LogP contribution in [0.15, 0.2) is 54.7 Å². The first-order valence-corrected chi connectivity index (χ1v) is 9.73. The fraction of sp³-hybridized carbons (Fsp3) is 0.227. The highest BCUT2D eigenvalue weighted by atomic mass is 35.5. The lowest BCUT2D eigenvalue weighted by atomic mass is 9.85. The van der Waals surface area contributed by atoms with Crippen molar-refractivity contribution < 1.29 is 9.47 Å². The van der Waals surface area contributed by atoms with E-state index < -0.39 is 0 Å². The number of benzene rings is 2. The summed E-state index contributed by atoms with van der Waals surface area (Å²) in [5, 5.41) is 4.77. The van der Waals surface area contributed by atoms with Gasteiger partial charge in [-0.3, -0.25) is 10.3 Å². The van der Waals surface area contributed by atoms with Crippen molar-refractivity contribution in [2.75, 3.05) is 14.2 Å². The summed E-state index contributed by atoms with van der Waals surface area (Å²) in [6, 6.07) is 15.6. The standard InChI is InChI=1S/C22H20Cl2N2O2/c1-27-19-11-13-10-18(17-8-3-4-9-25-17)26-22(15(13)12-20(19)28-2)14-6-5-7-16(23)21(14)24/h3-9,11-12,18,22,26H,10H2,1-2H3/t18-,22-/m0/s1. The Hall–Kier alpha value is -2.27. The number of fused-ring (bicyclic) bond motifs is 1. The Bertz CT molecular complexity index is 995. The average Bonchev–Trinajstić information content (AvgIpc) is 2.74. The minimum absolute atomic E-state index is 0.0341. The molecule has 4 nitrogen and oxygen atoms in total. The molecule has 0 spiro atoms. The van der Waals surface area contributed by atoms with Crippen LogP contribution in [-0.4, -0.2) is 19.2 Å². The number of nitrogens with zero attached hydrogens (tertiary/aromatic N) is 1. The summed E-state index contributed by atoms with van der Waals surface area (Å²) in [6.07, 6.45) is 2.59. The molecule has 3 aromatic rings. The highest BCUT2D eigenvalue weighted by Crippen LogP contribution is 2.43. The van der Waals surface area contributed by atoms with E-state index in [0.29, 0.717) is 21.5 Å². The first-order valence-electron chi connectivity index (χ1n) is 8.98. The molecule has 4 rings (SSSR count). The molecule has 1 aromatic heterocycles. The van der Waals surface area contributed by atoms with E-state index in [1.807, 2.05) is 48.7 Å². The fourth-order valence-electron chi connectivity index (χ4n) is 3.72. The van der Waals surface area contributed by atoms with E-state index in [-0.39, 0.29) is 12.1 Å². The number of ether oxygens (including phenoxy) is 2. The first kappa shape index (κ1) is 19.1. The predicted molar refractivity (Wildman–Crippen MR) is 112 cm³/mol. The van der Waals surface area contributed by atoms with Crippen LogP contribution in [0.4, 0.5) is 0 Å². The lowest BCUT2D eigenvalue weighted by molar-refractivity contribution is 0.350. The number of rotatable bonds is 4. The summed E-state index contributed by atoms with van der Waals surface area (Å²) >= 11 is 12.9. The van der Waals surface area contributed by atoms with Crippen molar-refractivity contribution in [2.45, 2.75) is 18.5 Å². The summed E-state index contributed by atoms with van der Waals surface area (Å²) < 4.78 is 11.0. The van der Waals surface area contributed by atoms with Crippen LogP contribution < -0.4 is 14.8 Å². The molecule has 144 valence electrons. The van der Waals surface area contributed by atoms with Gasteiger partial charge >= 0.3 is 0 Å². The quantitative estimate of drug-likeness (QED) is 0.621. The van der Waals surface area contributed by atoms with Gasteiger partial charge in [-0.25, -0.2) is 0 Å². The monoisotopic (exact) mass is 414 g/mol. The van der Waals surface area contributed by atoms with Crippen LogP contribution in [0.3, 0.4) is 0 Å². The molecule has 1 aliphatic heterocycles. The second kappa shape index (κ2) is 8.00. The van der Waals surface area contributed by atoms with E-state index in [0.717, 1.165) is 28.8 Å². The van der Waals surface area contributed by atoms with Crippen LogP contribution in [0.5, 0.6) is 11.5 Å². The van der Waals surface area contributed by atoms with Crippen molar-refractivity contribution in [2.24, 2.45) is 0 Å². The van der Waals surface area contributed by atoms with E-state index in [9.17, 15) is 0 Å². The zero-order valence-electron chi connectivity index (χ0n) is 15.6. The number of hydrogen-bond acceptors (Lipinski definition) is 4. The second-order valence-electron chi connectivity index (χ2n) is 6.66. The molecule has 0 bridgehead atoms. The van der Waals surface area contributed by atoms with Crippen LogP contribution in [0.1, 0.15) is 34.5 Å². The number of hydrogen-bond donors (Lipinski definition) is 1. The molecule has 0 saturated heterocycles. The number of nitrogens with one attached hydrogen (secondary N) is 1. The van der Waals surface area contributed by atoms with Crippen molar-refractivity contribution in [3.63, 3.8) is 0 Å². The van der Waals surface area contributed by atoms with Gasteiger partial charge < -0.3 is 9.47 Å². The van der Waals surface area contributed by atoms with Crippen LogP contribution in [0.2, 0.25) is 10.0 Å². The van der Waals surface area contributed by atoms with E-state index in [1.165, 1.54) is 0 Å². The maximum atomic E-state index is 6.58. The van der Waals surface area contributed by atoms with Crippen molar-refractivity contribution >= 4 is 23.2 Å². The minimum Gasteiger partial charge on any atom is -0.493 e. The number of halogens is 2. The molecule has 0 saturated carbocycles. The summed E-state index contributed by atoms with van der Waals surface area (Å²) in [5.41, 5.74) is 4.15. The molecule has 6 heteroatoms. The Kier molecular flexibility index (Phi) is 5.44. The van der Waals surface area contributed by atoms with Crippen LogP contribution in [-0.2, 0) is 6.42 Å². The molecule has 0 amide bonds. The Morgan fingerprint density at radius 3 is 2.46 bits per heavy atom. The second-order valence-corrected chi connectivity index (χ2v) is 7.45. The maximum Gasteiger partial charge on any atom is 0.161 e. The van der Waals surface area contributed by atoms with Gasteiger partial charge in [-0.1, -0.05) is 41.4 Å². The zero-order chi connectivity index (χ0) is 19.7. The van der Waals surface area contributed by atoms with Gasteiger partial charge in [-0.15, -0.1) is 0 Å². The number of pyridine rings is 1. The predicted octanol–water partition coefficient (Wildman–Crippen LogP) is 5.38. The van der Waals surface area contributed by atoms with E-state index in [1.54, 1.807) is 20.3 Å². The summed E-state index contributed by atoms with van der Waals surface area (Å²) in [5.74, 6) is 1.39. The van der Waals surface area contributed by atoms with Gasteiger partial charge in [0.25, 0.3) is 0 Å². The van der Waals surface area contributed by atoms with Gasteiger partial charge in [0.05, 0.1) is 42.0 Å². The smallest absolute Gasteiger partial charge is 0.161 e. The van der Waals surface area contributed by atoms with Crippen LogP contribution in [0.25, 0.3) is 0 Å². The van der Waals surface area contributed by atoms with Gasteiger partial charge in [0.2, 0.25) is 0 Å². The summed E-state index contributed by atoms with van der Waals surface area (Å²) in [6.45, 7) is 0. The van der Waals surface area contributed by atoms with Gasteiger partial charge in [-0.05, 0) is 53.4 Å². The molecule has 1 N–H and O–H groups in total. The first-order chi connectivity index (χ1) is 13.6. The lowest BCUT2D eigenvalue weighted by Gasteiger charge is -2.34. The van der Waals surface area contributed by atoms with Crippen molar-refractivity contribution in [3.8, 4) is 11.5 Å². The van der Waals surface area contributed by atoms with Gasteiger partial charge in [-0.2, -0.15) is 0 Å². The van der Waals surface area contributed by atoms with Crippen molar-refractivity contribution in [1.29, 1.82) is 0 Å². The molecular weight excluding hydrogens is 395 g/mol. The molecule has 28 heavy (non-hydrogen) atoms. The third kappa shape index (κ3) is 3.44. The van der Waals surface area contributed by atoms with Gasteiger partial charge in [0.1, 0.15) is 0 Å². The lowest BCUT2D eigenvalue weighted by Crippen LogP contribution is -2.34. The molecule has 1 aliphatic rings. The molecule has 0 unspecified atom stereocenters. The normalized spacial score (nSPS) is 18.4. The SMILES string of the molecule is COc1cc2c(cc1OC)[C@H](c1cccc(Cl)c1Cl)N[C@H](c1ccccn1)C2. The molecule has 0 fully saturated rings. The van der Waals surface area contributed by atoms with Crippen molar-refractivity contribution in [3.05, 3.63) is 87.2 Å². The maximum absolute atomic E-state index is 6.58. The Balaban J connectivity index is 1.87.